The van der Waals surface area contributed by atoms with Crippen LogP contribution in [0, 0.1) is 14.9 Å². The van der Waals surface area contributed by atoms with Crippen molar-refractivity contribution >= 4 is 33.4 Å². The van der Waals surface area contributed by atoms with Crippen LogP contribution >= 0.6 is 22.6 Å². The molecule has 0 radical (unpaired) electrons. The molecule has 2 aromatic carbocycles. The molecule has 0 saturated carbocycles. The summed E-state index contributed by atoms with van der Waals surface area (Å²) in [5, 5.41) is 11.3. The molecule has 0 unspecified atom stereocenters. The molecule has 18 heavy (non-hydrogen) atoms. The van der Waals surface area contributed by atoms with Crippen LogP contribution < -0.4 is 0 Å². The summed E-state index contributed by atoms with van der Waals surface area (Å²) in [5.74, 6) is 0. The summed E-state index contributed by atoms with van der Waals surface area (Å²) in [6, 6.07) is 14.2. The lowest BCUT2D eigenvalue weighted by Gasteiger charge is -2.06. The Hall–Kier alpha value is -1.80. The molecule has 3 heteroatoms. The summed E-state index contributed by atoms with van der Waals surface area (Å²) in [6.45, 7) is 0. The number of halogens is 1. The Kier molecular flexibility index (Phi) is 2.80. The predicted molar refractivity (Wildman–Crippen MR) is 79.1 cm³/mol. The summed E-state index contributed by atoms with van der Waals surface area (Å²) >= 11 is 2.28. The van der Waals surface area contributed by atoms with Crippen LogP contribution in [0.1, 0.15) is 5.56 Å². The molecule has 1 aromatic heterocycles. The van der Waals surface area contributed by atoms with Crippen molar-refractivity contribution in [1.29, 1.82) is 5.26 Å². The highest BCUT2D eigenvalue weighted by Crippen LogP contribution is 2.31. The van der Waals surface area contributed by atoms with Crippen LogP contribution in [0.25, 0.3) is 21.9 Å². The van der Waals surface area contributed by atoms with Crippen LogP contribution in [0.3, 0.4) is 0 Å². The van der Waals surface area contributed by atoms with E-state index in [4.69, 9.17) is 9.68 Å². The first kappa shape index (κ1) is 11.3. The van der Waals surface area contributed by atoms with Gasteiger partial charge in [0.25, 0.3) is 0 Å². The van der Waals surface area contributed by atoms with Crippen molar-refractivity contribution in [1.82, 2.24) is 0 Å². The molecule has 0 N–H and O–H groups in total. The van der Waals surface area contributed by atoms with E-state index in [2.05, 4.69) is 46.9 Å². The van der Waals surface area contributed by atoms with Crippen LogP contribution in [0.15, 0.2) is 53.3 Å². The fraction of sp³-hybridized carbons (Fsp3) is 0. The molecule has 0 aliphatic carbocycles. The van der Waals surface area contributed by atoms with Gasteiger partial charge in [0.2, 0.25) is 0 Å². The predicted octanol–water partition coefficient (Wildman–Crippen LogP) is 4.58. The van der Waals surface area contributed by atoms with Crippen LogP contribution in [0.4, 0.5) is 0 Å². The standard InChI is InChI=1S/C15H8INO/c16-13-1-2-14-12(7-13)5-10(8-17)6-15(14)11-3-4-18-9-11/h1-7,9H. The van der Waals surface area contributed by atoms with Crippen molar-refractivity contribution in [3.8, 4) is 17.2 Å². The average Bonchev–Trinajstić information content (AvgIpc) is 2.90. The van der Waals surface area contributed by atoms with Crippen LogP contribution in [-0.4, -0.2) is 0 Å². The van der Waals surface area contributed by atoms with Gasteiger partial charge in [-0.25, -0.2) is 0 Å². The first-order valence-electron chi connectivity index (χ1n) is 5.44. The number of hydrogen-bond acceptors (Lipinski definition) is 2. The Morgan fingerprint density at radius 2 is 2.00 bits per heavy atom. The van der Waals surface area contributed by atoms with Crippen molar-refractivity contribution in [2.75, 3.05) is 0 Å². The van der Waals surface area contributed by atoms with Crippen molar-refractivity contribution in [3.05, 3.63) is 58.1 Å². The Balaban J connectivity index is 2.39. The minimum absolute atomic E-state index is 0.667. The Labute approximate surface area is 118 Å². The number of nitriles is 1. The summed E-state index contributed by atoms with van der Waals surface area (Å²) in [7, 11) is 0. The molecule has 0 fully saturated rings. The van der Waals surface area contributed by atoms with Gasteiger partial charge in [0.1, 0.15) is 0 Å². The Morgan fingerprint density at radius 3 is 2.72 bits per heavy atom. The van der Waals surface area contributed by atoms with E-state index in [1.807, 2.05) is 18.2 Å². The van der Waals surface area contributed by atoms with Crippen molar-refractivity contribution in [2.24, 2.45) is 0 Å². The molecular weight excluding hydrogens is 337 g/mol. The fourth-order valence-electron chi connectivity index (χ4n) is 2.06. The molecule has 0 spiro atoms. The van der Waals surface area contributed by atoms with Gasteiger partial charge < -0.3 is 4.42 Å². The van der Waals surface area contributed by atoms with E-state index in [9.17, 15) is 0 Å². The van der Waals surface area contributed by atoms with Crippen molar-refractivity contribution in [2.45, 2.75) is 0 Å². The number of rotatable bonds is 1. The smallest absolute Gasteiger partial charge is 0.0992 e. The SMILES string of the molecule is N#Cc1cc(-c2ccoc2)c2ccc(I)cc2c1. The normalized spacial score (nSPS) is 10.4. The minimum atomic E-state index is 0.667. The van der Waals surface area contributed by atoms with E-state index in [1.54, 1.807) is 12.5 Å². The number of benzene rings is 2. The molecule has 1 heterocycles. The molecular formula is C15H8INO. The lowest BCUT2D eigenvalue weighted by molar-refractivity contribution is 0.568. The van der Waals surface area contributed by atoms with Crippen molar-refractivity contribution < 1.29 is 4.42 Å². The zero-order valence-corrected chi connectivity index (χ0v) is 11.5. The van der Waals surface area contributed by atoms with Gasteiger partial charge in [-0.3, -0.25) is 0 Å². The summed E-state index contributed by atoms with van der Waals surface area (Å²) < 4.78 is 6.29. The first-order valence-corrected chi connectivity index (χ1v) is 6.52. The zero-order chi connectivity index (χ0) is 12.5. The second kappa shape index (κ2) is 4.46. The third kappa shape index (κ3) is 1.89. The van der Waals surface area contributed by atoms with Crippen LogP contribution in [0.2, 0.25) is 0 Å². The molecule has 0 aliphatic heterocycles. The molecule has 3 rings (SSSR count). The highest BCUT2D eigenvalue weighted by Gasteiger charge is 2.07. The van der Waals surface area contributed by atoms with Gasteiger partial charge in [0.15, 0.2) is 0 Å². The molecule has 86 valence electrons. The highest BCUT2D eigenvalue weighted by molar-refractivity contribution is 14.1. The molecule has 0 amide bonds. The maximum Gasteiger partial charge on any atom is 0.0992 e. The first-order chi connectivity index (χ1) is 8.78. The molecule has 3 aromatic rings. The van der Waals surface area contributed by atoms with E-state index >= 15 is 0 Å². The van der Waals surface area contributed by atoms with Gasteiger partial charge in [-0.2, -0.15) is 5.26 Å². The van der Waals surface area contributed by atoms with Gasteiger partial charge in [-0.15, -0.1) is 0 Å². The van der Waals surface area contributed by atoms with Gasteiger partial charge >= 0.3 is 0 Å². The largest absolute Gasteiger partial charge is 0.472 e. The van der Waals surface area contributed by atoms with Crippen LogP contribution in [0.5, 0.6) is 0 Å². The highest BCUT2D eigenvalue weighted by atomic mass is 127. The molecule has 0 aliphatic rings. The van der Waals surface area contributed by atoms with E-state index in [-0.39, 0.29) is 0 Å². The molecule has 2 nitrogen and oxygen atoms in total. The van der Waals surface area contributed by atoms with Gasteiger partial charge in [-0.05, 0) is 69.3 Å². The second-order valence-corrected chi connectivity index (χ2v) is 5.26. The zero-order valence-electron chi connectivity index (χ0n) is 9.35. The molecule has 0 saturated heterocycles. The fourth-order valence-corrected chi connectivity index (χ4v) is 2.58. The number of fused-ring (bicyclic) bond motifs is 1. The maximum atomic E-state index is 9.11. The summed E-state index contributed by atoms with van der Waals surface area (Å²) in [4.78, 5) is 0. The maximum absolute atomic E-state index is 9.11. The van der Waals surface area contributed by atoms with Crippen LogP contribution in [-0.2, 0) is 0 Å². The molecule has 0 atom stereocenters. The minimum Gasteiger partial charge on any atom is -0.472 e. The molecule has 0 bridgehead atoms. The van der Waals surface area contributed by atoms with Gasteiger partial charge in [0.05, 0.1) is 24.2 Å². The van der Waals surface area contributed by atoms with Gasteiger partial charge in [0, 0.05) is 9.13 Å². The Morgan fingerprint density at radius 1 is 1.11 bits per heavy atom. The second-order valence-electron chi connectivity index (χ2n) is 4.01. The van der Waals surface area contributed by atoms with E-state index in [1.165, 1.54) is 0 Å². The Bertz CT molecular complexity index is 754. The summed E-state index contributed by atoms with van der Waals surface area (Å²) in [5.41, 5.74) is 2.70. The topological polar surface area (TPSA) is 36.9 Å². The monoisotopic (exact) mass is 345 g/mol. The summed E-state index contributed by atoms with van der Waals surface area (Å²) in [6.07, 6.45) is 3.35. The number of nitrogens with zero attached hydrogens (tertiary/aromatic N) is 1. The quantitative estimate of drug-likeness (QED) is 0.606. The van der Waals surface area contributed by atoms with Gasteiger partial charge in [-0.1, -0.05) is 6.07 Å². The third-order valence-electron chi connectivity index (χ3n) is 2.88. The lowest BCUT2D eigenvalue weighted by Crippen LogP contribution is -1.84. The van der Waals surface area contributed by atoms with E-state index in [0.717, 1.165) is 25.5 Å². The lowest BCUT2D eigenvalue weighted by atomic mass is 9.98. The van der Waals surface area contributed by atoms with Crippen molar-refractivity contribution in [3.63, 3.8) is 0 Å². The third-order valence-corrected chi connectivity index (χ3v) is 3.55. The number of hydrogen-bond donors (Lipinski definition) is 0. The van der Waals surface area contributed by atoms with E-state index < -0.39 is 0 Å². The number of furan rings is 1. The van der Waals surface area contributed by atoms with E-state index in [0.29, 0.717) is 5.56 Å². The average molecular weight is 345 g/mol.